The van der Waals surface area contributed by atoms with Crippen LogP contribution in [0.1, 0.15) is 23.3 Å². The molecule has 0 atom stereocenters. The lowest BCUT2D eigenvalue weighted by Gasteiger charge is -2.43. The minimum absolute atomic E-state index is 0.0268. The fraction of sp³-hybridized carbons (Fsp3) is 0.438. The van der Waals surface area contributed by atoms with E-state index in [1.165, 1.54) is 18.9 Å². The van der Waals surface area contributed by atoms with Crippen molar-refractivity contribution in [2.75, 3.05) is 26.2 Å². The van der Waals surface area contributed by atoms with Gasteiger partial charge in [-0.25, -0.2) is 4.39 Å². The second-order valence-electron chi connectivity index (χ2n) is 5.99. The third-order valence-corrected chi connectivity index (χ3v) is 4.64. The first-order valence-electron chi connectivity index (χ1n) is 7.53. The molecule has 0 bridgehead atoms. The van der Waals surface area contributed by atoms with Gasteiger partial charge in [-0.05, 0) is 38.1 Å². The smallest absolute Gasteiger partial charge is 0.270 e. The van der Waals surface area contributed by atoms with Crippen LogP contribution in [0, 0.1) is 5.82 Å². The SMILES string of the molecule is O=C(c1cc2cccc(F)c2[nH]1)N1CC(N2CCCC2)C1. The van der Waals surface area contributed by atoms with Crippen molar-refractivity contribution in [1.29, 1.82) is 0 Å². The topological polar surface area (TPSA) is 39.3 Å². The molecular weight excluding hydrogens is 269 g/mol. The summed E-state index contributed by atoms with van der Waals surface area (Å²) in [6, 6.07) is 7.13. The van der Waals surface area contributed by atoms with Crippen LogP contribution < -0.4 is 0 Å². The Morgan fingerprint density at radius 2 is 2.00 bits per heavy atom. The van der Waals surface area contributed by atoms with Crippen LogP contribution in [0.25, 0.3) is 10.9 Å². The van der Waals surface area contributed by atoms with Crippen LogP contribution in [0.2, 0.25) is 0 Å². The lowest BCUT2D eigenvalue weighted by Crippen LogP contribution is -2.60. The number of benzene rings is 1. The molecule has 0 spiro atoms. The molecule has 2 saturated heterocycles. The van der Waals surface area contributed by atoms with E-state index in [2.05, 4.69) is 9.88 Å². The third kappa shape index (κ3) is 2.12. The number of hydrogen-bond acceptors (Lipinski definition) is 2. The minimum atomic E-state index is -0.315. The van der Waals surface area contributed by atoms with Gasteiger partial charge in [-0.3, -0.25) is 9.69 Å². The summed E-state index contributed by atoms with van der Waals surface area (Å²) in [6.07, 6.45) is 2.54. The van der Waals surface area contributed by atoms with Gasteiger partial charge in [0.1, 0.15) is 11.5 Å². The van der Waals surface area contributed by atoms with Gasteiger partial charge >= 0.3 is 0 Å². The second-order valence-corrected chi connectivity index (χ2v) is 5.99. The van der Waals surface area contributed by atoms with Crippen molar-refractivity contribution in [3.8, 4) is 0 Å². The lowest BCUT2D eigenvalue weighted by molar-refractivity contribution is 0.0330. The van der Waals surface area contributed by atoms with Gasteiger partial charge in [0.2, 0.25) is 0 Å². The quantitative estimate of drug-likeness (QED) is 0.920. The van der Waals surface area contributed by atoms with E-state index in [1.54, 1.807) is 12.1 Å². The summed E-state index contributed by atoms with van der Waals surface area (Å²) in [5, 5.41) is 0.745. The van der Waals surface area contributed by atoms with Gasteiger partial charge in [-0.2, -0.15) is 0 Å². The number of H-pyrrole nitrogens is 1. The van der Waals surface area contributed by atoms with Crippen LogP contribution in [0.5, 0.6) is 0 Å². The first kappa shape index (κ1) is 12.8. The molecule has 0 saturated carbocycles. The largest absolute Gasteiger partial charge is 0.348 e. The van der Waals surface area contributed by atoms with Crippen molar-refractivity contribution in [3.05, 3.63) is 35.8 Å². The van der Waals surface area contributed by atoms with Crippen LogP contribution in [-0.4, -0.2) is 52.9 Å². The maximum Gasteiger partial charge on any atom is 0.270 e. The molecule has 1 aromatic heterocycles. The van der Waals surface area contributed by atoms with Crippen molar-refractivity contribution in [1.82, 2.24) is 14.8 Å². The number of para-hydroxylation sites is 1. The molecule has 2 aromatic rings. The number of aromatic amines is 1. The van der Waals surface area contributed by atoms with Crippen LogP contribution in [-0.2, 0) is 0 Å². The summed E-state index contributed by atoms with van der Waals surface area (Å²) >= 11 is 0. The second kappa shape index (κ2) is 4.84. The van der Waals surface area contributed by atoms with Crippen molar-refractivity contribution < 1.29 is 9.18 Å². The highest BCUT2D eigenvalue weighted by Gasteiger charge is 2.36. The summed E-state index contributed by atoms with van der Waals surface area (Å²) in [7, 11) is 0. The molecule has 4 nitrogen and oxygen atoms in total. The monoisotopic (exact) mass is 287 g/mol. The van der Waals surface area contributed by atoms with Gasteiger partial charge < -0.3 is 9.88 Å². The Morgan fingerprint density at radius 3 is 2.71 bits per heavy atom. The van der Waals surface area contributed by atoms with Crippen molar-refractivity contribution in [3.63, 3.8) is 0 Å². The maximum absolute atomic E-state index is 13.7. The van der Waals surface area contributed by atoms with Crippen molar-refractivity contribution >= 4 is 16.8 Å². The Hall–Kier alpha value is -1.88. The van der Waals surface area contributed by atoms with Crippen LogP contribution in [0.15, 0.2) is 24.3 Å². The molecule has 0 aliphatic carbocycles. The van der Waals surface area contributed by atoms with Crippen molar-refractivity contribution in [2.45, 2.75) is 18.9 Å². The molecule has 1 amide bonds. The summed E-state index contributed by atoms with van der Waals surface area (Å²) in [4.78, 5) is 19.6. The number of carbonyl (C=O) groups is 1. The number of rotatable bonds is 2. The number of nitrogens with zero attached hydrogens (tertiary/aromatic N) is 2. The normalized spacial score (nSPS) is 20.1. The summed E-state index contributed by atoms with van der Waals surface area (Å²) in [6.45, 7) is 3.89. The maximum atomic E-state index is 13.7. The zero-order valence-electron chi connectivity index (χ0n) is 11.8. The zero-order valence-corrected chi connectivity index (χ0v) is 11.8. The average molecular weight is 287 g/mol. The van der Waals surface area contributed by atoms with Crippen LogP contribution >= 0.6 is 0 Å². The molecule has 2 aliphatic rings. The van der Waals surface area contributed by atoms with E-state index >= 15 is 0 Å². The molecule has 1 N–H and O–H groups in total. The van der Waals surface area contributed by atoms with Crippen LogP contribution in [0.4, 0.5) is 4.39 Å². The molecule has 2 aliphatic heterocycles. The number of halogens is 1. The minimum Gasteiger partial charge on any atom is -0.348 e. The molecule has 1 aromatic carbocycles. The van der Waals surface area contributed by atoms with Crippen molar-refractivity contribution in [2.24, 2.45) is 0 Å². The van der Waals surface area contributed by atoms with E-state index in [0.29, 0.717) is 17.3 Å². The predicted octanol–water partition coefficient (Wildman–Crippen LogP) is 2.23. The van der Waals surface area contributed by atoms with E-state index in [9.17, 15) is 9.18 Å². The van der Waals surface area contributed by atoms with Gasteiger partial charge in [-0.1, -0.05) is 12.1 Å². The Balaban J connectivity index is 1.48. The molecular formula is C16H18FN3O. The van der Waals surface area contributed by atoms with E-state index in [4.69, 9.17) is 0 Å². The molecule has 4 rings (SSSR count). The third-order valence-electron chi connectivity index (χ3n) is 4.64. The summed E-state index contributed by atoms with van der Waals surface area (Å²) < 4.78 is 13.7. The first-order chi connectivity index (χ1) is 10.2. The molecule has 21 heavy (non-hydrogen) atoms. The van der Waals surface area contributed by atoms with Gasteiger partial charge in [-0.15, -0.1) is 0 Å². The molecule has 5 heteroatoms. The van der Waals surface area contributed by atoms with E-state index in [1.807, 2.05) is 11.0 Å². The van der Waals surface area contributed by atoms with E-state index in [0.717, 1.165) is 31.6 Å². The standard InChI is InChI=1S/C16H18FN3O/c17-13-5-3-4-11-8-14(18-15(11)13)16(21)20-9-12(10-20)19-6-1-2-7-19/h3-5,8,12,18H,1-2,6-7,9-10H2. The number of fused-ring (bicyclic) bond motifs is 1. The van der Waals surface area contributed by atoms with Crippen LogP contribution in [0.3, 0.4) is 0 Å². The highest BCUT2D eigenvalue weighted by atomic mass is 19.1. The fourth-order valence-electron chi connectivity index (χ4n) is 3.36. The lowest BCUT2D eigenvalue weighted by atomic mass is 10.1. The number of amides is 1. The molecule has 110 valence electrons. The Bertz CT molecular complexity index is 684. The first-order valence-corrected chi connectivity index (χ1v) is 7.53. The molecule has 3 heterocycles. The summed E-state index contributed by atoms with van der Waals surface area (Å²) in [5.41, 5.74) is 0.896. The van der Waals surface area contributed by atoms with E-state index < -0.39 is 0 Å². The fourth-order valence-corrected chi connectivity index (χ4v) is 3.36. The number of nitrogens with one attached hydrogen (secondary N) is 1. The molecule has 2 fully saturated rings. The van der Waals surface area contributed by atoms with Gasteiger partial charge in [0.25, 0.3) is 5.91 Å². The average Bonchev–Trinajstić information content (AvgIpc) is 3.05. The van der Waals surface area contributed by atoms with Gasteiger partial charge in [0.05, 0.1) is 5.52 Å². The van der Waals surface area contributed by atoms with Gasteiger partial charge in [0.15, 0.2) is 0 Å². The predicted molar refractivity (Wildman–Crippen MR) is 78.8 cm³/mol. The highest BCUT2D eigenvalue weighted by Crippen LogP contribution is 2.24. The number of hydrogen-bond donors (Lipinski definition) is 1. The number of aromatic nitrogens is 1. The Kier molecular flexibility index (Phi) is 2.96. The molecule has 0 radical (unpaired) electrons. The Morgan fingerprint density at radius 1 is 1.24 bits per heavy atom. The van der Waals surface area contributed by atoms with Gasteiger partial charge in [0, 0.05) is 24.5 Å². The Labute approximate surface area is 122 Å². The number of likely N-dealkylation sites (tertiary alicyclic amines) is 2. The number of carbonyl (C=O) groups excluding carboxylic acids is 1. The summed E-state index contributed by atoms with van der Waals surface area (Å²) in [5.74, 6) is -0.342. The zero-order chi connectivity index (χ0) is 14.4. The molecule has 0 unspecified atom stereocenters. The highest BCUT2D eigenvalue weighted by molar-refractivity contribution is 5.98. The van der Waals surface area contributed by atoms with E-state index in [-0.39, 0.29) is 11.7 Å².